The summed E-state index contributed by atoms with van der Waals surface area (Å²) in [5.41, 5.74) is 1.90. The second kappa shape index (κ2) is 13.9. The van der Waals surface area contributed by atoms with Crippen LogP contribution in [0.1, 0.15) is 46.8 Å². The number of hydrogen-bond acceptors (Lipinski definition) is 7. The third-order valence-corrected chi connectivity index (χ3v) is 6.97. The fourth-order valence-corrected chi connectivity index (χ4v) is 4.60. The summed E-state index contributed by atoms with van der Waals surface area (Å²) in [6.45, 7) is 6.29. The van der Waals surface area contributed by atoms with Crippen LogP contribution in [0, 0.1) is 6.92 Å². The number of allylic oxidation sites excluding steroid dienone is 2. The fraction of sp³-hybridized carbons (Fsp3) is 0.379. The first-order valence-corrected chi connectivity index (χ1v) is 13.8. The van der Waals surface area contributed by atoms with Gasteiger partial charge in [-0.3, -0.25) is 24.0 Å². The Morgan fingerprint density at radius 2 is 1.88 bits per heavy atom. The topological polar surface area (TPSA) is 131 Å². The van der Waals surface area contributed by atoms with Crippen molar-refractivity contribution in [2.75, 3.05) is 24.5 Å². The van der Waals surface area contributed by atoms with Gasteiger partial charge < -0.3 is 15.5 Å². The van der Waals surface area contributed by atoms with Gasteiger partial charge in [0.2, 0.25) is 0 Å². The first-order valence-electron chi connectivity index (χ1n) is 13.8. The average Bonchev–Trinajstić information content (AvgIpc) is 3.68. The number of imidazole rings is 1. The summed E-state index contributed by atoms with van der Waals surface area (Å²) in [5, 5.41) is 9.59. The number of carbonyl (C=O) groups excluding carboxylic acids is 2. The molecule has 1 aliphatic heterocycles. The molecule has 0 spiro atoms. The lowest BCUT2D eigenvalue weighted by Crippen LogP contribution is -2.39. The van der Waals surface area contributed by atoms with Crippen LogP contribution in [-0.2, 0) is 13.6 Å². The Morgan fingerprint density at radius 3 is 2.51 bits per heavy atom. The van der Waals surface area contributed by atoms with E-state index >= 15 is 0 Å². The third-order valence-electron chi connectivity index (χ3n) is 6.97. The van der Waals surface area contributed by atoms with Gasteiger partial charge in [0.1, 0.15) is 11.4 Å². The Bertz CT molecular complexity index is 1630. The molecule has 0 saturated carbocycles. The molecule has 2 amide bonds. The van der Waals surface area contributed by atoms with E-state index in [4.69, 9.17) is 0 Å². The molecular formula is C29H35F2N9O3. The van der Waals surface area contributed by atoms with Crippen LogP contribution in [0.5, 0.6) is 0 Å². The summed E-state index contributed by atoms with van der Waals surface area (Å²) >= 11 is 0. The summed E-state index contributed by atoms with van der Waals surface area (Å²) in [6, 6.07) is 8.93. The van der Waals surface area contributed by atoms with Crippen LogP contribution in [-0.4, -0.2) is 72.9 Å². The molecule has 5 rings (SSSR count). The van der Waals surface area contributed by atoms with Gasteiger partial charge in [0.15, 0.2) is 11.3 Å². The summed E-state index contributed by atoms with van der Waals surface area (Å²) in [5.74, 6) is -0.570. The van der Waals surface area contributed by atoms with Gasteiger partial charge >= 0.3 is 0 Å². The second-order valence-electron chi connectivity index (χ2n) is 10.3. The number of carbonyl (C=O) groups is 2. The predicted molar refractivity (Wildman–Crippen MR) is 157 cm³/mol. The second-order valence-corrected chi connectivity index (χ2v) is 10.3. The van der Waals surface area contributed by atoms with E-state index in [2.05, 4.69) is 25.7 Å². The zero-order chi connectivity index (χ0) is 31.1. The van der Waals surface area contributed by atoms with Gasteiger partial charge in [-0.2, -0.15) is 0 Å². The minimum absolute atomic E-state index is 0.0468. The summed E-state index contributed by atoms with van der Waals surface area (Å²) in [4.78, 5) is 48.1. The number of nitrogens with zero attached hydrogens (tertiary/aromatic N) is 7. The zero-order valence-electron chi connectivity index (χ0n) is 24.5. The molecule has 0 unspecified atom stereocenters. The Morgan fingerprint density at radius 1 is 1.14 bits per heavy atom. The quantitative estimate of drug-likeness (QED) is 0.300. The average molecular weight is 596 g/mol. The molecule has 1 atom stereocenters. The van der Waals surface area contributed by atoms with Crippen molar-refractivity contribution in [1.82, 2.24) is 39.6 Å². The van der Waals surface area contributed by atoms with Crippen molar-refractivity contribution in [2.24, 2.45) is 7.05 Å². The van der Waals surface area contributed by atoms with Gasteiger partial charge in [0, 0.05) is 44.3 Å². The van der Waals surface area contributed by atoms with E-state index in [9.17, 15) is 23.2 Å². The van der Waals surface area contributed by atoms with Gasteiger partial charge in [-0.25, -0.2) is 23.0 Å². The maximum atomic E-state index is 13.1. The van der Waals surface area contributed by atoms with Crippen LogP contribution in [0.2, 0.25) is 0 Å². The minimum atomic E-state index is -2.66. The van der Waals surface area contributed by atoms with Gasteiger partial charge in [0.25, 0.3) is 23.8 Å². The van der Waals surface area contributed by atoms with Gasteiger partial charge in [-0.1, -0.05) is 17.7 Å². The first kappa shape index (κ1) is 31.1. The number of alkyl halides is 2. The van der Waals surface area contributed by atoms with E-state index in [0.717, 1.165) is 5.57 Å². The Hall–Kier alpha value is -4.88. The molecule has 12 nitrogen and oxygen atoms in total. The number of hydrogen-bond donors (Lipinski definition) is 2. The molecule has 14 heteroatoms. The highest BCUT2D eigenvalue weighted by Crippen LogP contribution is 2.20. The lowest BCUT2D eigenvalue weighted by Gasteiger charge is -2.18. The molecule has 1 aliphatic rings. The SMILES string of the molecule is CC(C)=CCn1c(=O)c(C(=O)N[C@H]2CCN(c3ccc4ncc(C(=O)NCC(F)F)n4n3)C2)c(C)n1C.c1ccncc1. The highest BCUT2D eigenvalue weighted by Gasteiger charge is 2.29. The number of amides is 2. The summed E-state index contributed by atoms with van der Waals surface area (Å²) in [7, 11) is 1.75. The molecule has 0 aromatic carbocycles. The number of nitrogens with one attached hydrogen (secondary N) is 2. The number of fused-ring (bicyclic) bond motifs is 1. The molecular weight excluding hydrogens is 560 g/mol. The van der Waals surface area contributed by atoms with E-state index in [-0.39, 0.29) is 22.9 Å². The largest absolute Gasteiger partial charge is 0.353 e. The summed E-state index contributed by atoms with van der Waals surface area (Å²) < 4.78 is 29.5. The third kappa shape index (κ3) is 7.50. The molecule has 0 radical (unpaired) electrons. The molecule has 5 heterocycles. The van der Waals surface area contributed by atoms with Gasteiger partial charge in [0.05, 0.1) is 19.3 Å². The fourth-order valence-electron chi connectivity index (χ4n) is 4.60. The predicted octanol–water partition coefficient (Wildman–Crippen LogP) is 2.59. The van der Waals surface area contributed by atoms with Crippen molar-refractivity contribution in [3.8, 4) is 0 Å². The number of rotatable bonds is 8. The number of aromatic nitrogens is 6. The molecule has 1 saturated heterocycles. The maximum absolute atomic E-state index is 13.1. The lowest BCUT2D eigenvalue weighted by molar-refractivity contribution is 0.0884. The van der Waals surface area contributed by atoms with Crippen molar-refractivity contribution in [2.45, 2.75) is 46.2 Å². The van der Waals surface area contributed by atoms with E-state index in [1.165, 1.54) is 15.4 Å². The van der Waals surface area contributed by atoms with E-state index in [0.29, 0.717) is 43.2 Å². The normalized spacial score (nSPS) is 14.4. The van der Waals surface area contributed by atoms with Crippen LogP contribution < -0.4 is 21.1 Å². The van der Waals surface area contributed by atoms with Crippen molar-refractivity contribution < 1.29 is 18.4 Å². The minimum Gasteiger partial charge on any atom is -0.353 e. The molecule has 2 N–H and O–H groups in total. The first-order chi connectivity index (χ1) is 20.6. The maximum Gasteiger partial charge on any atom is 0.280 e. The number of anilines is 1. The Balaban J connectivity index is 0.000000628. The summed E-state index contributed by atoms with van der Waals surface area (Å²) in [6.07, 6.45) is 4.68. The highest BCUT2D eigenvalue weighted by molar-refractivity contribution is 5.95. The van der Waals surface area contributed by atoms with Crippen molar-refractivity contribution >= 4 is 23.3 Å². The zero-order valence-corrected chi connectivity index (χ0v) is 24.5. The smallest absolute Gasteiger partial charge is 0.280 e. The number of halogens is 2. The lowest BCUT2D eigenvalue weighted by atomic mass is 10.2. The van der Waals surface area contributed by atoms with Crippen LogP contribution in [0.4, 0.5) is 14.6 Å². The molecule has 1 fully saturated rings. The monoisotopic (exact) mass is 595 g/mol. The van der Waals surface area contributed by atoms with Crippen LogP contribution in [0.3, 0.4) is 0 Å². The molecule has 0 bridgehead atoms. The van der Waals surface area contributed by atoms with E-state index in [1.807, 2.05) is 43.0 Å². The standard InChI is InChI=1S/C24H30F2N8O3.C5H5N/c1-14(2)7-10-33-24(37)21(15(3)31(33)4)23(36)29-16-8-9-32(13-16)20-6-5-19-27-11-17(34(19)30-20)22(35)28-12-18(25)26;1-2-4-6-5-3-1/h5-7,11,16,18H,8-10,12-13H2,1-4H3,(H,28,35)(H,29,36);1-5H/t16-;/m0./s1. The van der Waals surface area contributed by atoms with Crippen LogP contribution in [0.15, 0.2) is 65.4 Å². The van der Waals surface area contributed by atoms with E-state index in [1.54, 1.807) is 43.2 Å². The highest BCUT2D eigenvalue weighted by atomic mass is 19.3. The van der Waals surface area contributed by atoms with Crippen LogP contribution in [0.25, 0.3) is 5.65 Å². The molecule has 4 aromatic heterocycles. The number of pyridine rings is 1. The van der Waals surface area contributed by atoms with Crippen molar-refractivity contribution in [3.05, 3.63) is 87.9 Å². The Kier molecular flexibility index (Phi) is 10.0. The van der Waals surface area contributed by atoms with Crippen molar-refractivity contribution in [1.29, 1.82) is 0 Å². The molecule has 0 aliphatic carbocycles. The molecule has 43 heavy (non-hydrogen) atoms. The van der Waals surface area contributed by atoms with Crippen LogP contribution >= 0.6 is 0 Å². The van der Waals surface area contributed by atoms with Crippen molar-refractivity contribution in [3.63, 3.8) is 0 Å². The van der Waals surface area contributed by atoms with E-state index < -0.39 is 24.8 Å². The molecule has 4 aromatic rings. The van der Waals surface area contributed by atoms with Gasteiger partial charge in [-0.05, 0) is 51.5 Å². The van der Waals surface area contributed by atoms with Gasteiger partial charge in [-0.15, -0.1) is 5.10 Å². The Labute approximate surface area is 247 Å². The molecule has 228 valence electrons.